The van der Waals surface area contributed by atoms with Crippen LogP contribution in [0.15, 0.2) is 18.2 Å². The molecule has 148 valence electrons. The van der Waals surface area contributed by atoms with Gasteiger partial charge in [0.1, 0.15) is 11.4 Å². The Bertz CT molecular complexity index is 698. The van der Waals surface area contributed by atoms with E-state index in [1.54, 1.807) is 26.8 Å². The second-order valence-corrected chi connectivity index (χ2v) is 8.72. The Labute approximate surface area is 155 Å². The Hall–Kier alpha value is -1.67. The van der Waals surface area contributed by atoms with Gasteiger partial charge >= 0.3 is 6.09 Å². The molecule has 0 aliphatic rings. The predicted octanol–water partition coefficient (Wildman–Crippen LogP) is 3.89. The second kappa shape index (κ2) is 9.87. The maximum absolute atomic E-state index is 14.1. The minimum atomic E-state index is -3.67. The summed E-state index contributed by atoms with van der Waals surface area (Å²) in [5.41, 5.74) is -0.139. The number of alkyl carbamates (subject to hydrolysis) is 1. The van der Waals surface area contributed by atoms with Crippen molar-refractivity contribution in [1.82, 2.24) is 5.32 Å². The highest BCUT2D eigenvalue weighted by atomic mass is 32.2. The number of benzene rings is 1. The van der Waals surface area contributed by atoms with Gasteiger partial charge < -0.3 is 10.1 Å². The Morgan fingerprint density at radius 3 is 2.54 bits per heavy atom. The molecule has 0 saturated carbocycles. The highest BCUT2D eigenvalue weighted by Gasteiger charge is 2.18. The quantitative estimate of drug-likeness (QED) is 0.512. The van der Waals surface area contributed by atoms with E-state index in [1.807, 2.05) is 6.92 Å². The van der Waals surface area contributed by atoms with E-state index in [9.17, 15) is 17.6 Å². The van der Waals surface area contributed by atoms with Crippen LogP contribution in [0.1, 0.15) is 58.1 Å². The van der Waals surface area contributed by atoms with Crippen LogP contribution in [0.5, 0.6) is 0 Å². The van der Waals surface area contributed by atoms with Gasteiger partial charge in [-0.3, -0.25) is 4.18 Å². The number of ether oxygens (including phenoxy) is 1. The Morgan fingerprint density at radius 1 is 1.23 bits per heavy atom. The number of carbonyl (C=O) groups is 1. The summed E-state index contributed by atoms with van der Waals surface area (Å²) < 4.78 is 48.0. The fourth-order valence-corrected chi connectivity index (χ4v) is 3.13. The monoisotopic (exact) mass is 389 g/mol. The van der Waals surface area contributed by atoms with Gasteiger partial charge in [0.25, 0.3) is 10.1 Å². The molecular formula is C18H28FNO5S. The van der Waals surface area contributed by atoms with E-state index in [4.69, 9.17) is 8.92 Å². The summed E-state index contributed by atoms with van der Waals surface area (Å²) in [5, 5.41) is 2.47. The summed E-state index contributed by atoms with van der Waals surface area (Å²) in [6, 6.07) is 4.27. The van der Waals surface area contributed by atoms with E-state index in [1.165, 1.54) is 12.1 Å². The number of rotatable bonds is 9. The molecule has 1 aromatic rings. The van der Waals surface area contributed by atoms with Gasteiger partial charge in [0.05, 0.1) is 12.4 Å². The van der Waals surface area contributed by atoms with E-state index in [-0.39, 0.29) is 24.5 Å². The van der Waals surface area contributed by atoms with Crippen molar-refractivity contribution in [3.63, 3.8) is 0 Å². The first-order valence-electron chi connectivity index (χ1n) is 8.64. The van der Waals surface area contributed by atoms with Gasteiger partial charge in [0.15, 0.2) is 0 Å². The summed E-state index contributed by atoms with van der Waals surface area (Å²) in [6.45, 7) is 6.73. The average Bonchev–Trinajstić information content (AvgIpc) is 2.50. The summed E-state index contributed by atoms with van der Waals surface area (Å²) >= 11 is 0. The van der Waals surface area contributed by atoms with Gasteiger partial charge in [-0.2, -0.15) is 8.42 Å². The molecule has 0 aliphatic heterocycles. The van der Waals surface area contributed by atoms with Gasteiger partial charge in [-0.05, 0) is 38.8 Å². The van der Waals surface area contributed by atoms with Gasteiger partial charge in [-0.1, -0.05) is 31.9 Å². The summed E-state index contributed by atoms with van der Waals surface area (Å²) in [5.74, 6) is -0.618. The van der Waals surface area contributed by atoms with Crippen LogP contribution in [0.4, 0.5) is 9.18 Å². The summed E-state index contributed by atoms with van der Waals surface area (Å²) in [7, 11) is -3.67. The Balaban J connectivity index is 2.73. The van der Waals surface area contributed by atoms with E-state index < -0.39 is 27.6 Å². The zero-order chi connectivity index (χ0) is 19.8. The zero-order valence-electron chi connectivity index (χ0n) is 15.8. The molecule has 0 fully saturated rings. The largest absolute Gasteiger partial charge is 0.444 e. The number of nitrogens with one attached hydrogen (secondary N) is 1. The molecule has 0 radical (unpaired) electrons. The third-order valence-electron chi connectivity index (χ3n) is 3.42. The highest BCUT2D eigenvalue weighted by molar-refractivity contribution is 7.86. The first-order valence-corrected chi connectivity index (χ1v) is 10.2. The fourth-order valence-electron chi connectivity index (χ4n) is 2.15. The van der Waals surface area contributed by atoms with Crippen LogP contribution in [0.2, 0.25) is 0 Å². The zero-order valence-corrected chi connectivity index (χ0v) is 16.6. The van der Waals surface area contributed by atoms with Crippen LogP contribution in [-0.2, 0) is 32.2 Å². The Morgan fingerprint density at radius 2 is 1.92 bits per heavy atom. The maximum Gasteiger partial charge on any atom is 0.407 e. The molecule has 1 amide bonds. The molecule has 0 bridgehead atoms. The van der Waals surface area contributed by atoms with Crippen LogP contribution in [-0.4, -0.2) is 25.9 Å². The van der Waals surface area contributed by atoms with Crippen molar-refractivity contribution in [3.05, 3.63) is 35.1 Å². The molecule has 0 atom stereocenters. The standard InChI is InChI=1S/C18H28FNO5S/c1-5-6-7-11-26(22,23)24-13-14-9-8-10-16(19)15(14)12-20-17(21)25-18(2,3)4/h8-10H,5-7,11-13H2,1-4H3,(H,20,21). The van der Waals surface area contributed by atoms with Crippen molar-refractivity contribution in [2.75, 3.05) is 5.75 Å². The van der Waals surface area contributed by atoms with Crippen molar-refractivity contribution in [1.29, 1.82) is 0 Å². The van der Waals surface area contributed by atoms with Crippen LogP contribution in [0.25, 0.3) is 0 Å². The van der Waals surface area contributed by atoms with Crippen LogP contribution < -0.4 is 5.32 Å². The van der Waals surface area contributed by atoms with Crippen molar-refractivity contribution < 1.29 is 26.5 Å². The smallest absolute Gasteiger partial charge is 0.407 e. The molecule has 0 spiro atoms. The number of carbonyl (C=O) groups excluding carboxylic acids is 1. The number of amides is 1. The van der Waals surface area contributed by atoms with E-state index in [0.717, 1.165) is 12.8 Å². The molecule has 1 rings (SSSR count). The lowest BCUT2D eigenvalue weighted by Crippen LogP contribution is -2.32. The molecule has 0 aromatic heterocycles. The molecule has 6 nitrogen and oxygen atoms in total. The third kappa shape index (κ3) is 8.62. The predicted molar refractivity (Wildman–Crippen MR) is 97.6 cm³/mol. The minimum absolute atomic E-state index is 0.0678. The van der Waals surface area contributed by atoms with Crippen molar-refractivity contribution in [2.24, 2.45) is 0 Å². The lowest BCUT2D eigenvalue weighted by molar-refractivity contribution is 0.0523. The van der Waals surface area contributed by atoms with Crippen molar-refractivity contribution in [3.8, 4) is 0 Å². The summed E-state index contributed by atoms with van der Waals surface area (Å²) in [6.07, 6.45) is 1.54. The lowest BCUT2D eigenvalue weighted by Gasteiger charge is -2.20. The minimum Gasteiger partial charge on any atom is -0.444 e. The third-order valence-corrected chi connectivity index (χ3v) is 4.68. The SMILES string of the molecule is CCCCCS(=O)(=O)OCc1cccc(F)c1CNC(=O)OC(C)(C)C. The van der Waals surface area contributed by atoms with Gasteiger partial charge in [0, 0.05) is 12.1 Å². The molecule has 26 heavy (non-hydrogen) atoms. The highest BCUT2D eigenvalue weighted by Crippen LogP contribution is 2.17. The topological polar surface area (TPSA) is 81.7 Å². The number of halogens is 1. The normalized spacial score (nSPS) is 12.0. The number of hydrogen-bond acceptors (Lipinski definition) is 5. The molecular weight excluding hydrogens is 361 g/mol. The van der Waals surface area contributed by atoms with E-state index in [0.29, 0.717) is 12.0 Å². The molecule has 0 heterocycles. The van der Waals surface area contributed by atoms with E-state index in [2.05, 4.69) is 5.32 Å². The molecule has 0 unspecified atom stereocenters. The van der Waals surface area contributed by atoms with Crippen molar-refractivity contribution in [2.45, 2.75) is 65.7 Å². The first-order chi connectivity index (χ1) is 12.0. The lowest BCUT2D eigenvalue weighted by atomic mass is 10.1. The maximum atomic E-state index is 14.1. The number of unbranched alkanes of at least 4 members (excludes halogenated alkanes) is 2. The fraction of sp³-hybridized carbons (Fsp3) is 0.611. The van der Waals surface area contributed by atoms with Gasteiger partial charge in [0.2, 0.25) is 0 Å². The molecule has 1 aromatic carbocycles. The molecule has 0 aliphatic carbocycles. The van der Waals surface area contributed by atoms with Crippen LogP contribution >= 0.6 is 0 Å². The Kier molecular flexibility index (Phi) is 8.49. The van der Waals surface area contributed by atoms with E-state index >= 15 is 0 Å². The van der Waals surface area contributed by atoms with Crippen molar-refractivity contribution >= 4 is 16.2 Å². The van der Waals surface area contributed by atoms with Gasteiger partial charge in [-0.15, -0.1) is 0 Å². The molecule has 1 N–H and O–H groups in total. The number of hydrogen-bond donors (Lipinski definition) is 1. The van der Waals surface area contributed by atoms with Crippen LogP contribution in [0, 0.1) is 5.82 Å². The molecule has 0 saturated heterocycles. The first kappa shape index (κ1) is 22.4. The molecule has 8 heteroatoms. The second-order valence-electron chi connectivity index (χ2n) is 6.96. The van der Waals surface area contributed by atoms with Gasteiger partial charge in [-0.25, -0.2) is 9.18 Å². The van der Waals surface area contributed by atoms with Crippen LogP contribution in [0.3, 0.4) is 0 Å². The summed E-state index contributed by atoms with van der Waals surface area (Å²) in [4.78, 5) is 11.7. The average molecular weight is 389 g/mol.